The van der Waals surface area contributed by atoms with Crippen LogP contribution in [-0.4, -0.2) is 23.6 Å². The molecule has 0 aliphatic heterocycles. The highest BCUT2D eigenvalue weighted by molar-refractivity contribution is 6.17. The van der Waals surface area contributed by atoms with Gasteiger partial charge in [-0.05, 0) is 26.7 Å². The predicted molar refractivity (Wildman–Crippen MR) is 65.6 cm³/mol. The van der Waals surface area contributed by atoms with Crippen LogP contribution in [0.2, 0.25) is 0 Å². The van der Waals surface area contributed by atoms with Crippen molar-refractivity contribution in [1.82, 2.24) is 0 Å². The van der Waals surface area contributed by atoms with Gasteiger partial charge in [0.05, 0.1) is 12.3 Å². The lowest BCUT2D eigenvalue weighted by molar-refractivity contribution is -0.162. The molecule has 0 saturated heterocycles. The molecule has 17 heavy (non-hydrogen) atoms. The van der Waals surface area contributed by atoms with Crippen molar-refractivity contribution in [1.29, 1.82) is 0 Å². The van der Waals surface area contributed by atoms with Crippen molar-refractivity contribution >= 4 is 23.5 Å². The van der Waals surface area contributed by atoms with Crippen LogP contribution in [0.4, 0.5) is 0 Å². The Morgan fingerprint density at radius 2 is 1.76 bits per heavy atom. The molecule has 0 aromatic rings. The third kappa shape index (κ3) is 7.21. The van der Waals surface area contributed by atoms with Gasteiger partial charge in [-0.1, -0.05) is 25.4 Å². The molecular formula is C12H21ClO4. The van der Waals surface area contributed by atoms with Crippen LogP contribution < -0.4 is 0 Å². The van der Waals surface area contributed by atoms with Gasteiger partial charge in [-0.15, -0.1) is 0 Å². The lowest BCUT2D eigenvalue weighted by Crippen LogP contribution is -2.30. The summed E-state index contributed by atoms with van der Waals surface area (Å²) < 4.78 is 9.88. The number of alkyl halides is 1. The zero-order valence-corrected chi connectivity index (χ0v) is 11.8. The van der Waals surface area contributed by atoms with Gasteiger partial charge >= 0.3 is 11.9 Å². The van der Waals surface area contributed by atoms with Gasteiger partial charge < -0.3 is 9.47 Å². The summed E-state index contributed by atoms with van der Waals surface area (Å²) in [6, 6.07) is -0.198. The molecule has 0 bridgehead atoms. The van der Waals surface area contributed by atoms with E-state index < -0.39 is 23.5 Å². The van der Waals surface area contributed by atoms with Crippen molar-refractivity contribution in [3.05, 3.63) is 0 Å². The monoisotopic (exact) mass is 264 g/mol. The summed E-state index contributed by atoms with van der Waals surface area (Å²) in [7, 11) is 0. The predicted octanol–water partition coefficient (Wildman–Crippen LogP) is 2.73. The normalized spacial score (nSPS) is 13.4. The molecule has 0 rings (SSSR count). The Bertz CT molecular complexity index is 268. The maximum atomic E-state index is 11.6. The standard InChI is InChI=1S/C12H21ClO4/c1-8(2)9(11(15)16-7-13)6-10(14)17-12(3,4)5/h8-9H,6-7H2,1-5H3/t9-/m0/s1. The Morgan fingerprint density at radius 3 is 2.12 bits per heavy atom. The number of esters is 2. The van der Waals surface area contributed by atoms with E-state index in [2.05, 4.69) is 0 Å². The summed E-state index contributed by atoms with van der Waals surface area (Å²) in [4.78, 5) is 23.2. The summed E-state index contributed by atoms with van der Waals surface area (Å²) in [5.41, 5.74) is -0.547. The van der Waals surface area contributed by atoms with E-state index in [1.165, 1.54) is 0 Å². The Morgan fingerprint density at radius 1 is 1.24 bits per heavy atom. The molecule has 0 saturated carbocycles. The summed E-state index contributed by atoms with van der Waals surface area (Å²) >= 11 is 5.33. The van der Waals surface area contributed by atoms with Crippen LogP contribution in [0, 0.1) is 11.8 Å². The maximum absolute atomic E-state index is 11.6. The Hall–Kier alpha value is -0.770. The Labute approximate surface area is 108 Å². The van der Waals surface area contributed by atoms with Gasteiger partial charge in [0.1, 0.15) is 5.60 Å². The number of carbonyl (C=O) groups is 2. The van der Waals surface area contributed by atoms with E-state index in [1.807, 2.05) is 13.8 Å². The van der Waals surface area contributed by atoms with Gasteiger partial charge in [0.2, 0.25) is 0 Å². The van der Waals surface area contributed by atoms with Crippen molar-refractivity contribution in [2.24, 2.45) is 11.8 Å². The second-order valence-electron chi connectivity index (χ2n) is 5.21. The van der Waals surface area contributed by atoms with Gasteiger partial charge in [-0.2, -0.15) is 0 Å². The van der Waals surface area contributed by atoms with E-state index in [9.17, 15) is 9.59 Å². The summed E-state index contributed by atoms with van der Waals surface area (Å²) in [5.74, 6) is -1.37. The van der Waals surface area contributed by atoms with Gasteiger partial charge in [-0.3, -0.25) is 9.59 Å². The summed E-state index contributed by atoms with van der Waals surface area (Å²) in [5, 5.41) is 0. The number of halogens is 1. The van der Waals surface area contributed by atoms with Crippen LogP contribution in [0.5, 0.6) is 0 Å². The van der Waals surface area contributed by atoms with E-state index in [4.69, 9.17) is 21.1 Å². The van der Waals surface area contributed by atoms with E-state index in [0.29, 0.717) is 0 Å². The first-order valence-corrected chi connectivity index (χ1v) is 6.15. The summed E-state index contributed by atoms with van der Waals surface area (Å²) in [6.07, 6.45) is 0.0185. The van der Waals surface area contributed by atoms with Crippen LogP contribution in [0.15, 0.2) is 0 Å². The third-order valence-corrected chi connectivity index (χ3v) is 2.22. The second-order valence-corrected chi connectivity index (χ2v) is 5.43. The topological polar surface area (TPSA) is 52.6 Å². The maximum Gasteiger partial charge on any atom is 0.310 e. The number of ether oxygens (including phenoxy) is 2. The van der Waals surface area contributed by atoms with E-state index >= 15 is 0 Å². The number of rotatable bonds is 5. The van der Waals surface area contributed by atoms with Gasteiger partial charge in [-0.25, -0.2) is 0 Å². The fourth-order valence-electron chi connectivity index (χ4n) is 1.31. The van der Waals surface area contributed by atoms with E-state index in [-0.39, 0.29) is 18.4 Å². The third-order valence-electron chi connectivity index (χ3n) is 2.11. The number of hydrogen-bond acceptors (Lipinski definition) is 4. The Kier molecular flexibility index (Phi) is 6.53. The van der Waals surface area contributed by atoms with Crippen LogP contribution in [0.1, 0.15) is 41.0 Å². The second kappa shape index (κ2) is 6.84. The molecule has 5 heteroatoms. The highest BCUT2D eigenvalue weighted by Crippen LogP contribution is 2.20. The molecule has 0 unspecified atom stereocenters. The quantitative estimate of drug-likeness (QED) is 0.566. The lowest BCUT2D eigenvalue weighted by atomic mass is 9.92. The minimum Gasteiger partial charge on any atom is -0.460 e. The molecule has 0 aliphatic carbocycles. The fourth-order valence-corrected chi connectivity index (χ4v) is 1.42. The molecule has 0 amide bonds. The molecular weight excluding hydrogens is 244 g/mol. The minimum atomic E-state index is -0.547. The first-order chi connectivity index (χ1) is 7.67. The lowest BCUT2D eigenvalue weighted by Gasteiger charge is -2.23. The first kappa shape index (κ1) is 16.2. The van der Waals surface area contributed by atoms with E-state index in [1.54, 1.807) is 20.8 Å². The first-order valence-electron chi connectivity index (χ1n) is 5.62. The van der Waals surface area contributed by atoms with Crippen LogP contribution in [-0.2, 0) is 19.1 Å². The molecule has 0 spiro atoms. The molecule has 0 radical (unpaired) electrons. The van der Waals surface area contributed by atoms with Crippen LogP contribution >= 0.6 is 11.6 Å². The highest BCUT2D eigenvalue weighted by Gasteiger charge is 2.28. The van der Waals surface area contributed by atoms with Crippen molar-refractivity contribution in [2.75, 3.05) is 6.07 Å². The minimum absolute atomic E-state index is 0.00163. The molecule has 0 aromatic heterocycles. The molecule has 4 nitrogen and oxygen atoms in total. The number of hydrogen-bond donors (Lipinski definition) is 0. The van der Waals surface area contributed by atoms with Crippen molar-refractivity contribution in [3.8, 4) is 0 Å². The van der Waals surface area contributed by atoms with Gasteiger partial charge in [0, 0.05) is 0 Å². The SMILES string of the molecule is CC(C)[C@H](CC(=O)OC(C)(C)C)C(=O)OCCl. The molecule has 100 valence electrons. The van der Waals surface area contributed by atoms with Crippen molar-refractivity contribution in [2.45, 2.75) is 46.6 Å². The van der Waals surface area contributed by atoms with Crippen LogP contribution in [0.25, 0.3) is 0 Å². The molecule has 0 heterocycles. The van der Waals surface area contributed by atoms with Crippen molar-refractivity contribution in [3.63, 3.8) is 0 Å². The zero-order valence-electron chi connectivity index (χ0n) is 11.1. The molecule has 0 N–H and O–H groups in total. The molecule has 1 atom stereocenters. The molecule has 0 aromatic carbocycles. The molecule has 0 aliphatic rings. The van der Waals surface area contributed by atoms with Gasteiger partial charge in [0.15, 0.2) is 6.07 Å². The zero-order chi connectivity index (χ0) is 13.6. The van der Waals surface area contributed by atoms with Crippen molar-refractivity contribution < 1.29 is 19.1 Å². The smallest absolute Gasteiger partial charge is 0.310 e. The number of carbonyl (C=O) groups excluding carboxylic acids is 2. The molecule has 0 fully saturated rings. The fraction of sp³-hybridized carbons (Fsp3) is 0.833. The Balaban J connectivity index is 4.46. The average molecular weight is 265 g/mol. The van der Waals surface area contributed by atoms with E-state index in [0.717, 1.165) is 0 Å². The highest BCUT2D eigenvalue weighted by atomic mass is 35.5. The average Bonchev–Trinajstić information content (AvgIpc) is 2.11. The van der Waals surface area contributed by atoms with Gasteiger partial charge in [0.25, 0.3) is 0 Å². The van der Waals surface area contributed by atoms with Crippen LogP contribution in [0.3, 0.4) is 0 Å². The summed E-state index contributed by atoms with van der Waals surface area (Å²) in [6.45, 7) is 9.06. The largest absolute Gasteiger partial charge is 0.460 e.